The van der Waals surface area contributed by atoms with Crippen LogP contribution in [0, 0.1) is 18.8 Å². The topological polar surface area (TPSA) is 74.4 Å². The number of aromatic nitrogens is 1. The molecule has 6 heteroatoms. The van der Waals surface area contributed by atoms with Gasteiger partial charge in [-0.2, -0.15) is 0 Å². The van der Waals surface area contributed by atoms with Gasteiger partial charge in [-0.05, 0) is 37.1 Å². The lowest BCUT2D eigenvalue weighted by molar-refractivity contribution is -0.135. The van der Waals surface area contributed by atoms with Crippen LogP contribution >= 0.6 is 0 Å². The highest BCUT2D eigenvalue weighted by atomic mass is 16.5. The number of likely N-dealkylation sites (tertiary alicyclic amines) is 1. The highest BCUT2D eigenvalue weighted by Gasteiger charge is 2.66. The molecule has 2 amide bonds. The molecule has 3 aliphatic rings. The van der Waals surface area contributed by atoms with Crippen LogP contribution in [0.5, 0.6) is 0 Å². The number of rotatable bonds is 5. The minimum Gasteiger partial charge on any atom is -0.361 e. The molecule has 3 aromatic rings. The van der Waals surface area contributed by atoms with Gasteiger partial charge in [0.2, 0.25) is 11.8 Å². The standard InChI is InChI=1S/C26H25N3O3/c1-16-6-8-18(9-7-16)28-24(30)22-21-10-12-26(32-21)15-29(25(31)23(22)26)13-11-17-14-27-20-5-3-2-4-19(17)20/h2-10,12,14,21-23,27H,11,13,15H2,1H3,(H,28,30)/t21-,22+,23-,26+/m1/s1. The molecule has 0 radical (unpaired) electrons. The van der Waals surface area contributed by atoms with Crippen LogP contribution in [0.2, 0.25) is 0 Å². The van der Waals surface area contributed by atoms with Crippen LogP contribution in [0.15, 0.2) is 66.9 Å². The van der Waals surface area contributed by atoms with Crippen molar-refractivity contribution in [1.29, 1.82) is 0 Å². The molecule has 2 bridgehead atoms. The van der Waals surface area contributed by atoms with Crippen LogP contribution in [0.3, 0.4) is 0 Å². The van der Waals surface area contributed by atoms with E-state index in [0.717, 1.165) is 23.2 Å². The zero-order chi connectivity index (χ0) is 21.9. The van der Waals surface area contributed by atoms with Gasteiger partial charge in [0.15, 0.2) is 0 Å². The van der Waals surface area contributed by atoms with Crippen LogP contribution in [0.1, 0.15) is 11.1 Å². The summed E-state index contributed by atoms with van der Waals surface area (Å²) in [4.78, 5) is 31.8. The summed E-state index contributed by atoms with van der Waals surface area (Å²) >= 11 is 0. The van der Waals surface area contributed by atoms with Crippen LogP contribution in [-0.4, -0.2) is 46.5 Å². The highest BCUT2D eigenvalue weighted by Crippen LogP contribution is 2.52. The van der Waals surface area contributed by atoms with E-state index in [9.17, 15) is 9.59 Å². The van der Waals surface area contributed by atoms with Gasteiger partial charge < -0.3 is 19.9 Å². The first-order valence-corrected chi connectivity index (χ1v) is 11.1. The second-order valence-corrected chi connectivity index (χ2v) is 9.12. The van der Waals surface area contributed by atoms with Crippen molar-refractivity contribution in [3.05, 3.63) is 78.0 Å². The molecule has 1 spiro atoms. The van der Waals surface area contributed by atoms with Gasteiger partial charge in [-0.3, -0.25) is 9.59 Å². The first-order chi connectivity index (χ1) is 15.5. The maximum Gasteiger partial charge on any atom is 0.231 e. The lowest BCUT2D eigenvalue weighted by Gasteiger charge is -2.23. The number of aryl methyl sites for hydroxylation is 1. The molecule has 32 heavy (non-hydrogen) atoms. The predicted molar refractivity (Wildman–Crippen MR) is 122 cm³/mol. The van der Waals surface area contributed by atoms with Gasteiger partial charge >= 0.3 is 0 Å². The monoisotopic (exact) mass is 427 g/mol. The first-order valence-electron chi connectivity index (χ1n) is 11.1. The van der Waals surface area contributed by atoms with E-state index in [1.807, 2.05) is 66.6 Å². The molecular formula is C26H25N3O3. The number of nitrogens with zero attached hydrogens (tertiary/aromatic N) is 1. The third-order valence-electron chi connectivity index (χ3n) is 7.13. The Balaban J connectivity index is 1.20. The first kappa shape index (κ1) is 19.3. The number of carbonyl (C=O) groups is 2. The molecule has 2 fully saturated rings. The molecule has 1 aromatic heterocycles. The van der Waals surface area contributed by atoms with Gasteiger partial charge in [0.1, 0.15) is 5.60 Å². The molecule has 2 N–H and O–H groups in total. The minimum absolute atomic E-state index is 0.0146. The minimum atomic E-state index is -0.683. The average molecular weight is 428 g/mol. The third kappa shape index (κ3) is 2.90. The van der Waals surface area contributed by atoms with Gasteiger partial charge in [0, 0.05) is 29.3 Å². The van der Waals surface area contributed by atoms with E-state index >= 15 is 0 Å². The van der Waals surface area contributed by atoms with Crippen molar-refractivity contribution in [2.45, 2.75) is 25.0 Å². The van der Waals surface area contributed by atoms with Crippen molar-refractivity contribution in [3.63, 3.8) is 0 Å². The van der Waals surface area contributed by atoms with Crippen molar-refractivity contribution in [1.82, 2.24) is 9.88 Å². The van der Waals surface area contributed by atoms with Crippen LogP contribution in [0.25, 0.3) is 10.9 Å². The van der Waals surface area contributed by atoms with Gasteiger partial charge in [-0.1, -0.05) is 48.0 Å². The molecular weight excluding hydrogens is 402 g/mol. The summed E-state index contributed by atoms with van der Waals surface area (Å²) in [5.74, 6) is -1.11. The van der Waals surface area contributed by atoms with E-state index in [2.05, 4.69) is 22.4 Å². The summed E-state index contributed by atoms with van der Waals surface area (Å²) in [6, 6.07) is 15.9. The Morgan fingerprint density at radius 3 is 2.88 bits per heavy atom. The number of aromatic amines is 1. The van der Waals surface area contributed by atoms with Crippen LogP contribution in [0.4, 0.5) is 5.69 Å². The fourth-order valence-electron chi connectivity index (χ4n) is 5.52. The Bertz CT molecular complexity index is 1240. The van der Waals surface area contributed by atoms with Crippen LogP contribution < -0.4 is 5.32 Å². The number of hydrogen-bond acceptors (Lipinski definition) is 3. The number of ether oxygens (including phenoxy) is 1. The summed E-state index contributed by atoms with van der Waals surface area (Å²) in [6.07, 6.45) is 6.38. The van der Waals surface area contributed by atoms with E-state index < -0.39 is 17.4 Å². The number of fused-ring (bicyclic) bond motifs is 2. The molecule has 0 unspecified atom stereocenters. The van der Waals surface area contributed by atoms with E-state index in [0.29, 0.717) is 13.1 Å². The van der Waals surface area contributed by atoms with Gasteiger partial charge in [-0.15, -0.1) is 0 Å². The van der Waals surface area contributed by atoms with Crippen molar-refractivity contribution in [2.24, 2.45) is 11.8 Å². The van der Waals surface area contributed by atoms with E-state index in [-0.39, 0.29) is 17.9 Å². The fourth-order valence-corrected chi connectivity index (χ4v) is 5.52. The van der Waals surface area contributed by atoms with Gasteiger partial charge in [0.25, 0.3) is 0 Å². The number of H-pyrrole nitrogens is 1. The van der Waals surface area contributed by atoms with Crippen molar-refractivity contribution < 1.29 is 14.3 Å². The number of amides is 2. The molecule has 6 nitrogen and oxygen atoms in total. The fraction of sp³-hybridized carbons (Fsp3) is 0.308. The number of hydrogen-bond donors (Lipinski definition) is 2. The molecule has 4 heterocycles. The number of nitrogens with one attached hydrogen (secondary N) is 2. The van der Waals surface area contributed by atoms with E-state index in [4.69, 9.17) is 4.74 Å². The molecule has 3 aliphatic heterocycles. The van der Waals surface area contributed by atoms with Crippen LogP contribution in [-0.2, 0) is 20.7 Å². The number of benzene rings is 2. The summed E-state index contributed by atoms with van der Waals surface area (Å²) < 4.78 is 6.24. The molecule has 0 saturated carbocycles. The molecule has 2 aromatic carbocycles. The SMILES string of the molecule is Cc1ccc(NC(=O)[C@H]2[C@H]3C=C[C@@]4(CN(CCc5c[nH]c6ccccc56)C(=O)[C@@H]24)O3)cc1. The largest absolute Gasteiger partial charge is 0.361 e. The van der Waals surface area contributed by atoms with E-state index in [1.165, 1.54) is 10.9 Å². The third-order valence-corrected chi connectivity index (χ3v) is 7.13. The highest BCUT2D eigenvalue weighted by molar-refractivity contribution is 5.99. The summed E-state index contributed by atoms with van der Waals surface area (Å²) in [7, 11) is 0. The zero-order valence-electron chi connectivity index (χ0n) is 17.9. The van der Waals surface area contributed by atoms with Crippen molar-refractivity contribution in [3.8, 4) is 0 Å². The Labute approximate surface area is 186 Å². The second kappa shape index (κ2) is 7.07. The molecule has 6 rings (SSSR count). The Morgan fingerprint density at radius 1 is 1.22 bits per heavy atom. The second-order valence-electron chi connectivity index (χ2n) is 9.12. The van der Waals surface area contributed by atoms with E-state index in [1.54, 1.807) is 0 Å². The van der Waals surface area contributed by atoms with Crippen molar-refractivity contribution >= 4 is 28.4 Å². The zero-order valence-corrected chi connectivity index (χ0v) is 17.9. The van der Waals surface area contributed by atoms with Crippen molar-refractivity contribution in [2.75, 3.05) is 18.4 Å². The Morgan fingerprint density at radius 2 is 2.03 bits per heavy atom. The normalized spacial score (nSPS) is 28.0. The maximum absolute atomic E-state index is 13.4. The molecule has 2 saturated heterocycles. The number of para-hydroxylation sites is 1. The molecule has 162 valence electrons. The smallest absolute Gasteiger partial charge is 0.231 e. The van der Waals surface area contributed by atoms with Gasteiger partial charge in [0.05, 0.1) is 24.5 Å². The number of anilines is 1. The molecule has 0 aliphatic carbocycles. The molecule has 4 atom stereocenters. The quantitative estimate of drug-likeness (QED) is 0.613. The number of carbonyl (C=O) groups excluding carboxylic acids is 2. The Kier molecular flexibility index (Phi) is 4.27. The predicted octanol–water partition coefficient (Wildman–Crippen LogP) is 3.44. The lowest BCUT2D eigenvalue weighted by atomic mass is 9.77. The van der Waals surface area contributed by atoms with Gasteiger partial charge in [-0.25, -0.2) is 0 Å². The lowest BCUT2D eigenvalue weighted by Crippen LogP contribution is -2.41. The Hall–Kier alpha value is -3.38. The summed E-state index contributed by atoms with van der Waals surface area (Å²) in [5, 5.41) is 4.17. The maximum atomic E-state index is 13.4. The summed E-state index contributed by atoms with van der Waals surface area (Å²) in [6.45, 7) is 3.11. The average Bonchev–Trinajstić information content (AvgIpc) is 3.54. The summed E-state index contributed by atoms with van der Waals surface area (Å²) in [5.41, 5.74) is 3.48.